The van der Waals surface area contributed by atoms with Crippen LogP contribution in [0.2, 0.25) is 0 Å². The number of hydrogen-bond acceptors (Lipinski definition) is 3. The Balaban J connectivity index is 0.000000815. The summed E-state index contributed by atoms with van der Waals surface area (Å²) in [6.45, 7) is 2.71. The van der Waals surface area contributed by atoms with Gasteiger partial charge in [0.15, 0.2) is 5.78 Å². The molecule has 0 bridgehead atoms. The van der Waals surface area contributed by atoms with Crippen LogP contribution in [0.15, 0.2) is 36.7 Å². The molecule has 6 heteroatoms. The van der Waals surface area contributed by atoms with E-state index in [-0.39, 0.29) is 11.7 Å². The van der Waals surface area contributed by atoms with E-state index < -0.39 is 0 Å². The van der Waals surface area contributed by atoms with Crippen LogP contribution in [0.25, 0.3) is 10.9 Å². The minimum absolute atomic E-state index is 0.0474. The highest BCUT2D eigenvalue weighted by Crippen LogP contribution is 2.34. The van der Waals surface area contributed by atoms with Gasteiger partial charge in [-0.2, -0.15) is 0 Å². The maximum Gasteiger partial charge on any atom is 0.170 e. The molecule has 1 atom stereocenters. The molecule has 1 aliphatic rings. The van der Waals surface area contributed by atoms with Gasteiger partial charge in [-0.15, -0.1) is 0 Å². The average Bonchev–Trinajstić information content (AvgIpc) is 3.15. The zero-order valence-electron chi connectivity index (χ0n) is 13.7. The number of hydrogen-bond donors (Lipinski definition) is 1. The SMILES string of the molecule is Cc1nccn1CC1CCc2c(c3ccccc3n2C)C1=O.OCl. The Morgan fingerprint density at radius 1 is 1.33 bits per heavy atom. The summed E-state index contributed by atoms with van der Waals surface area (Å²) < 4.78 is 10.7. The lowest BCUT2D eigenvalue weighted by molar-refractivity contribution is 0.0888. The highest BCUT2D eigenvalue weighted by Gasteiger charge is 2.32. The van der Waals surface area contributed by atoms with Crippen LogP contribution in [0.4, 0.5) is 0 Å². The second kappa shape index (κ2) is 6.79. The summed E-state index contributed by atoms with van der Waals surface area (Å²) in [7, 11) is 2.06. The number of carbonyl (C=O) groups is 1. The molecule has 0 radical (unpaired) electrons. The normalized spacial score (nSPS) is 16.7. The third kappa shape index (κ3) is 2.64. The molecule has 4 rings (SSSR count). The Morgan fingerprint density at radius 3 is 2.79 bits per heavy atom. The number of para-hydroxylation sites is 1. The van der Waals surface area contributed by atoms with Crippen LogP contribution >= 0.6 is 11.9 Å². The number of rotatable bonds is 2. The van der Waals surface area contributed by atoms with Crippen molar-refractivity contribution in [2.24, 2.45) is 13.0 Å². The highest BCUT2D eigenvalue weighted by molar-refractivity contribution is 6.11. The van der Waals surface area contributed by atoms with Gasteiger partial charge in [0.1, 0.15) is 5.82 Å². The number of benzene rings is 1. The van der Waals surface area contributed by atoms with E-state index >= 15 is 0 Å². The molecule has 1 aliphatic carbocycles. The summed E-state index contributed by atoms with van der Waals surface area (Å²) in [6, 6.07) is 8.21. The number of Topliss-reactive ketones (excluding diaryl/α,β-unsaturated/α-hetero) is 1. The number of nitrogens with zero attached hydrogens (tertiary/aromatic N) is 3. The molecule has 3 aromatic rings. The van der Waals surface area contributed by atoms with E-state index in [1.165, 1.54) is 5.69 Å². The first kappa shape index (κ1) is 16.7. The van der Waals surface area contributed by atoms with Gasteiger partial charge in [-0.1, -0.05) is 18.2 Å². The number of carbonyl (C=O) groups excluding carboxylic acids is 1. The fraction of sp³-hybridized carbons (Fsp3) is 0.333. The topological polar surface area (TPSA) is 60.0 Å². The third-order valence-electron chi connectivity index (χ3n) is 4.92. The predicted octanol–water partition coefficient (Wildman–Crippen LogP) is 3.26. The molecule has 5 nitrogen and oxygen atoms in total. The summed E-state index contributed by atoms with van der Waals surface area (Å²) in [4.78, 5) is 17.3. The van der Waals surface area contributed by atoms with Crippen molar-refractivity contribution in [2.75, 3.05) is 0 Å². The lowest BCUT2D eigenvalue weighted by Gasteiger charge is -2.23. The monoisotopic (exact) mass is 345 g/mol. The molecule has 0 amide bonds. The van der Waals surface area contributed by atoms with E-state index in [4.69, 9.17) is 4.66 Å². The molecule has 1 aromatic carbocycles. The number of halogens is 1. The van der Waals surface area contributed by atoms with Crippen molar-refractivity contribution in [1.29, 1.82) is 0 Å². The Bertz CT molecular complexity index is 882. The molecule has 0 saturated carbocycles. The highest BCUT2D eigenvalue weighted by atomic mass is 35.5. The standard InChI is InChI=1S/C18H19N3O.ClHO/c1-12-19-9-10-21(12)11-13-7-8-16-17(18(13)22)14-5-3-4-6-15(14)20(16)2;1-2/h3-6,9-10,13H,7-8,11H2,1-2H3;2H. The smallest absolute Gasteiger partial charge is 0.170 e. The molecule has 0 saturated heterocycles. The van der Waals surface area contributed by atoms with Crippen LogP contribution < -0.4 is 0 Å². The first-order valence-corrected chi connectivity index (χ1v) is 8.25. The number of aromatic nitrogens is 3. The summed E-state index contributed by atoms with van der Waals surface area (Å²) in [5, 5.41) is 1.09. The van der Waals surface area contributed by atoms with Crippen molar-refractivity contribution in [3.8, 4) is 0 Å². The van der Waals surface area contributed by atoms with Crippen LogP contribution in [0.3, 0.4) is 0 Å². The van der Waals surface area contributed by atoms with Gasteiger partial charge >= 0.3 is 0 Å². The van der Waals surface area contributed by atoms with E-state index in [1.54, 1.807) is 6.20 Å². The summed E-state index contributed by atoms with van der Waals surface area (Å²) >= 11 is 3.64. The zero-order chi connectivity index (χ0) is 17.3. The molecule has 0 aliphatic heterocycles. The Labute approximate surface area is 145 Å². The van der Waals surface area contributed by atoms with E-state index in [0.717, 1.165) is 41.7 Å². The van der Waals surface area contributed by atoms with E-state index in [0.29, 0.717) is 0 Å². The number of ketones is 1. The van der Waals surface area contributed by atoms with Crippen LogP contribution in [0.5, 0.6) is 0 Å². The average molecular weight is 346 g/mol. The minimum atomic E-state index is 0.0474. The summed E-state index contributed by atoms with van der Waals surface area (Å²) in [5.74, 6) is 1.30. The van der Waals surface area contributed by atoms with Crippen molar-refractivity contribution >= 4 is 28.6 Å². The van der Waals surface area contributed by atoms with Crippen LogP contribution in [-0.4, -0.2) is 24.6 Å². The Kier molecular flexibility index (Phi) is 4.73. The lowest BCUT2D eigenvalue weighted by Crippen LogP contribution is -2.27. The molecule has 1 unspecified atom stereocenters. The second-order valence-corrected chi connectivity index (χ2v) is 6.12. The van der Waals surface area contributed by atoms with Crippen molar-refractivity contribution in [3.63, 3.8) is 0 Å². The van der Waals surface area contributed by atoms with E-state index in [2.05, 4.69) is 45.2 Å². The molecule has 2 aromatic heterocycles. The van der Waals surface area contributed by atoms with Crippen molar-refractivity contribution in [1.82, 2.24) is 14.1 Å². The molecule has 1 N–H and O–H groups in total. The van der Waals surface area contributed by atoms with Gasteiger partial charge in [0.05, 0.1) is 11.9 Å². The fourth-order valence-corrected chi connectivity index (χ4v) is 3.67. The molecule has 126 valence electrons. The molecular formula is C18H20ClN3O2. The number of fused-ring (bicyclic) bond motifs is 3. The predicted molar refractivity (Wildman–Crippen MR) is 94.1 cm³/mol. The maximum atomic E-state index is 13.0. The third-order valence-corrected chi connectivity index (χ3v) is 4.92. The molecule has 0 fully saturated rings. The van der Waals surface area contributed by atoms with Crippen molar-refractivity contribution in [3.05, 3.63) is 53.7 Å². The molecular weight excluding hydrogens is 326 g/mol. The van der Waals surface area contributed by atoms with Gasteiger partial charge in [0.25, 0.3) is 0 Å². The molecule has 0 spiro atoms. The van der Waals surface area contributed by atoms with Gasteiger partial charge < -0.3 is 9.13 Å². The lowest BCUT2D eigenvalue weighted by atomic mass is 9.85. The quantitative estimate of drug-likeness (QED) is 0.775. The maximum absolute atomic E-state index is 13.0. The van der Waals surface area contributed by atoms with Gasteiger partial charge in [-0.25, -0.2) is 4.98 Å². The van der Waals surface area contributed by atoms with Crippen LogP contribution in [0.1, 0.15) is 28.3 Å². The van der Waals surface area contributed by atoms with Crippen LogP contribution in [-0.2, 0) is 20.0 Å². The summed E-state index contributed by atoms with van der Waals surface area (Å²) in [6.07, 6.45) is 5.63. The van der Waals surface area contributed by atoms with Gasteiger partial charge in [-0.05, 0) is 25.8 Å². The Morgan fingerprint density at radius 2 is 2.08 bits per heavy atom. The second-order valence-electron chi connectivity index (χ2n) is 6.12. The van der Waals surface area contributed by atoms with E-state index in [1.807, 2.05) is 25.3 Å². The van der Waals surface area contributed by atoms with Crippen LogP contribution in [0, 0.1) is 12.8 Å². The summed E-state index contributed by atoms with van der Waals surface area (Å²) in [5.41, 5.74) is 3.28. The zero-order valence-corrected chi connectivity index (χ0v) is 14.5. The Hall–Kier alpha value is -2.11. The van der Waals surface area contributed by atoms with Gasteiger partial charge in [0, 0.05) is 54.1 Å². The van der Waals surface area contributed by atoms with Gasteiger partial charge in [0.2, 0.25) is 0 Å². The number of aryl methyl sites for hydroxylation is 2. The largest absolute Gasteiger partial charge is 0.347 e. The van der Waals surface area contributed by atoms with E-state index in [9.17, 15) is 4.79 Å². The van der Waals surface area contributed by atoms with Crippen molar-refractivity contribution in [2.45, 2.75) is 26.3 Å². The molecule has 2 heterocycles. The minimum Gasteiger partial charge on any atom is -0.347 e. The first-order chi connectivity index (χ1) is 11.7. The van der Waals surface area contributed by atoms with Crippen molar-refractivity contribution < 1.29 is 9.45 Å². The molecule has 24 heavy (non-hydrogen) atoms. The fourth-order valence-electron chi connectivity index (χ4n) is 3.67. The number of imidazole rings is 1. The van der Waals surface area contributed by atoms with Gasteiger partial charge in [-0.3, -0.25) is 9.45 Å². The first-order valence-electron chi connectivity index (χ1n) is 7.92.